The standard InChI is InChI=1S/C16H12O2S/c17-16(18)14-7-3-1-5-11(14)9-13-10-12-6-2-4-8-15(12)19-13/h1-8,10H,9H2,(H,17,18). The fourth-order valence-electron chi connectivity index (χ4n) is 2.19. The summed E-state index contributed by atoms with van der Waals surface area (Å²) in [4.78, 5) is 12.4. The molecular weight excluding hydrogens is 256 g/mol. The first-order chi connectivity index (χ1) is 9.24. The summed E-state index contributed by atoms with van der Waals surface area (Å²) < 4.78 is 1.24. The van der Waals surface area contributed by atoms with Gasteiger partial charge in [0.05, 0.1) is 5.56 Å². The SMILES string of the molecule is O=C(O)c1ccccc1Cc1cc2ccccc2s1. The summed E-state index contributed by atoms with van der Waals surface area (Å²) in [5.74, 6) is -0.864. The summed E-state index contributed by atoms with van der Waals surface area (Å²) in [6.45, 7) is 0. The Balaban J connectivity index is 1.99. The van der Waals surface area contributed by atoms with Gasteiger partial charge in [-0.25, -0.2) is 4.79 Å². The van der Waals surface area contributed by atoms with Crippen molar-refractivity contribution in [2.75, 3.05) is 0 Å². The molecule has 0 spiro atoms. The maximum Gasteiger partial charge on any atom is 0.335 e. The monoisotopic (exact) mass is 268 g/mol. The fourth-order valence-corrected chi connectivity index (χ4v) is 3.28. The van der Waals surface area contributed by atoms with Gasteiger partial charge in [-0.05, 0) is 29.1 Å². The minimum absolute atomic E-state index is 0.389. The number of hydrogen-bond acceptors (Lipinski definition) is 2. The normalized spacial score (nSPS) is 10.7. The van der Waals surface area contributed by atoms with Gasteiger partial charge in [0.1, 0.15) is 0 Å². The highest BCUT2D eigenvalue weighted by Gasteiger charge is 2.10. The Morgan fingerprint density at radius 2 is 1.79 bits per heavy atom. The van der Waals surface area contributed by atoms with E-state index >= 15 is 0 Å². The van der Waals surface area contributed by atoms with Gasteiger partial charge in [0, 0.05) is 16.0 Å². The van der Waals surface area contributed by atoms with Crippen molar-refractivity contribution in [3.05, 3.63) is 70.6 Å². The third-order valence-electron chi connectivity index (χ3n) is 3.09. The van der Waals surface area contributed by atoms with E-state index < -0.39 is 5.97 Å². The van der Waals surface area contributed by atoms with Crippen LogP contribution in [0.25, 0.3) is 10.1 Å². The Hall–Kier alpha value is -2.13. The lowest BCUT2D eigenvalue weighted by Gasteiger charge is -2.03. The van der Waals surface area contributed by atoms with Crippen LogP contribution in [0.2, 0.25) is 0 Å². The highest BCUT2D eigenvalue weighted by atomic mass is 32.1. The Morgan fingerprint density at radius 1 is 1.05 bits per heavy atom. The van der Waals surface area contributed by atoms with Crippen LogP contribution in [0.15, 0.2) is 54.6 Å². The van der Waals surface area contributed by atoms with Crippen molar-refractivity contribution in [3.63, 3.8) is 0 Å². The molecule has 0 saturated heterocycles. The Morgan fingerprint density at radius 3 is 2.58 bits per heavy atom. The van der Waals surface area contributed by atoms with Crippen molar-refractivity contribution < 1.29 is 9.90 Å². The molecule has 1 heterocycles. The lowest BCUT2D eigenvalue weighted by molar-refractivity contribution is 0.0696. The lowest BCUT2D eigenvalue weighted by atomic mass is 10.0. The number of hydrogen-bond donors (Lipinski definition) is 1. The summed E-state index contributed by atoms with van der Waals surface area (Å²) >= 11 is 1.72. The second-order valence-electron chi connectivity index (χ2n) is 4.39. The molecule has 94 valence electrons. The maximum absolute atomic E-state index is 11.2. The van der Waals surface area contributed by atoms with Gasteiger partial charge < -0.3 is 5.11 Å². The van der Waals surface area contributed by atoms with E-state index in [0.717, 1.165) is 5.56 Å². The quantitative estimate of drug-likeness (QED) is 0.773. The van der Waals surface area contributed by atoms with Gasteiger partial charge in [0.15, 0.2) is 0 Å². The number of carboxylic acids is 1. The molecule has 0 saturated carbocycles. The minimum Gasteiger partial charge on any atom is -0.478 e. The van der Waals surface area contributed by atoms with E-state index in [2.05, 4.69) is 18.2 Å². The molecule has 0 amide bonds. The number of carbonyl (C=O) groups is 1. The molecule has 19 heavy (non-hydrogen) atoms. The van der Waals surface area contributed by atoms with Crippen molar-refractivity contribution >= 4 is 27.4 Å². The number of benzene rings is 2. The highest BCUT2D eigenvalue weighted by molar-refractivity contribution is 7.19. The first-order valence-electron chi connectivity index (χ1n) is 6.03. The molecule has 0 aliphatic rings. The Labute approximate surface area is 114 Å². The second kappa shape index (κ2) is 4.86. The van der Waals surface area contributed by atoms with Crippen molar-refractivity contribution in [2.24, 2.45) is 0 Å². The summed E-state index contributed by atoms with van der Waals surface area (Å²) in [6, 6.07) is 17.5. The van der Waals surface area contributed by atoms with Gasteiger partial charge >= 0.3 is 5.97 Å². The zero-order valence-corrected chi connectivity index (χ0v) is 11.0. The van der Waals surface area contributed by atoms with E-state index in [9.17, 15) is 9.90 Å². The average Bonchev–Trinajstić information content (AvgIpc) is 2.81. The molecule has 1 aromatic heterocycles. The lowest BCUT2D eigenvalue weighted by Crippen LogP contribution is -2.01. The van der Waals surface area contributed by atoms with Crippen LogP contribution < -0.4 is 0 Å². The molecule has 0 aliphatic carbocycles. The van der Waals surface area contributed by atoms with Crippen molar-refractivity contribution in [1.29, 1.82) is 0 Å². The van der Waals surface area contributed by atoms with Crippen LogP contribution in [0.5, 0.6) is 0 Å². The topological polar surface area (TPSA) is 37.3 Å². The molecule has 0 atom stereocenters. The van der Waals surface area contributed by atoms with Crippen LogP contribution in [-0.2, 0) is 6.42 Å². The van der Waals surface area contributed by atoms with Crippen LogP contribution in [0, 0.1) is 0 Å². The number of thiophene rings is 1. The van der Waals surface area contributed by atoms with Gasteiger partial charge in [-0.1, -0.05) is 36.4 Å². The Bertz CT molecular complexity index is 710. The number of fused-ring (bicyclic) bond motifs is 1. The highest BCUT2D eigenvalue weighted by Crippen LogP contribution is 2.27. The van der Waals surface area contributed by atoms with Crippen molar-refractivity contribution in [3.8, 4) is 0 Å². The first kappa shape index (κ1) is 11.9. The smallest absolute Gasteiger partial charge is 0.335 e. The molecule has 2 aromatic carbocycles. The van der Waals surface area contributed by atoms with Crippen molar-refractivity contribution in [1.82, 2.24) is 0 Å². The Kier molecular flexibility index (Phi) is 3.05. The van der Waals surface area contributed by atoms with E-state index in [1.807, 2.05) is 24.3 Å². The molecule has 2 nitrogen and oxygen atoms in total. The van der Waals surface area contributed by atoms with Gasteiger partial charge in [-0.3, -0.25) is 0 Å². The minimum atomic E-state index is -0.864. The zero-order chi connectivity index (χ0) is 13.2. The third kappa shape index (κ3) is 2.37. The predicted octanol–water partition coefficient (Wildman–Crippen LogP) is 4.19. The number of rotatable bonds is 3. The molecule has 0 bridgehead atoms. The third-order valence-corrected chi connectivity index (χ3v) is 4.21. The van der Waals surface area contributed by atoms with E-state index in [0.29, 0.717) is 12.0 Å². The molecule has 3 aromatic rings. The zero-order valence-electron chi connectivity index (χ0n) is 10.2. The van der Waals surface area contributed by atoms with Gasteiger partial charge in [0.2, 0.25) is 0 Å². The van der Waals surface area contributed by atoms with Gasteiger partial charge in [-0.2, -0.15) is 0 Å². The second-order valence-corrected chi connectivity index (χ2v) is 5.56. The fraction of sp³-hybridized carbons (Fsp3) is 0.0625. The van der Waals surface area contributed by atoms with E-state index in [1.165, 1.54) is 15.0 Å². The average molecular weight is 268 g/mol. The largest absolute Gasteiger partial charge is 0.478 e. The van der Waals surface area contributed by atoms with Crippen molar-refractivity contribution in [2.45, 2.75) is 6.42 Å². The van der Waals surface area contributed by atoms with Crippen LogP contribution in [-0.4, -0.2) is 11.1 Å². The summed E-state index contributed by atoms with van der Waals surface area (Å²) in [5.41, 5.74) is 1.25. The van der Waals surface area contributed by atoms with E-state index in [-0.39, 0.29) is 0 Å². The molecular formula is C16H12O2S. The molecule has 0 radical (unpaired) electrons. The van der Waals surface area contributed by atoms with Gasteiger partial charge in [-0.15, -0.1) is 11.3 Å². The predicted molar refractivity (Wildman–Crippen MR) is 78.0 cm³/mol. The van der Waals surface area contributed by atoms with E-state index in [1.54, 1.807) is 23.5 Å². The van der Waals surface area contributed by atoms with Crippen LogP contribution in [0.1, 0.15) is 20.8 Å². The van der Waals surface area contributed by atoms with Crippen LogP contribution in [0.4, 0.5) is 0 Å². The maximum atomic E-state index is 11.2. The summed E-state index contributed by atoms with van der Waals surface area (Å²) in [5, 5.41) is 10.4. The molecule has 1 N–H and O–H groups in total. The first-order valence-corrected chi connectivity index (χ1v) is 6.84. The molecule has 0 fully saturated rings. The van der Waals surface area contributed by atoms with E-state index in [4.69, 9.17) is 0 Å². The molecule has 3 rings (SSSR count). The number of aromatic carboxylic acids is 1. The summed E-state index contributed by atoms with van der Waals surface area (Å²) in [6.07, 6.45) is 0.668. The molecule has 0 unspecified atom stereocenters. The van der Waals surface area contributed by atoms with Crippen LogP contribution in [0.3, 0.4) is 0 Å². The molecule has 0 aliphatic heterocycles. The number of carboxylic acid groups (broad SMARTS) is 1. The van der Waals surface area contributed by atoms with Crippen LogP contribution >= 0.6 is 11.3 Å². The van der Waals surface area contributed by atoms with Gasteiger partial charge in [0.25, 0.3) is 0 Å². The summed E-state index contributed by atoms with van der Waals surface area (Å²) in [7, 11) is 0. The molecule has 3 heteroatoms.